The van der Waals surface area contributed by atoms with Gasteiger partial charge in [-0.25, -0.2) is 0 Å². The van der Waals surface area contributed by atoms with Crippen LogP contribution in [0.1, 0.15) is 59.8 Å². The molecular formula is C20H25N3O3. The third kappa shape index (κ3) is 4.20. The predicted molar refractivity (Wildman–Crippen MR) is 103 cm³/mol. The van der Waals surface area contributed by atoms with E-state index in [-0.39, 0.29) is 23.5 Å². The molecular weight excluding hydrogens is 330 g/mol. The average Bonchev–Trinajstić information content (AvgIpc) is 2.91. The van der Waals surface area contributed by atoms with Gasteiger partial charge in [-0.1, -0.05) is 26.8 Å². The molecule has 1 aromatic heterocycles. The second-order valence-electron chi connectivity index (χ2n) is 6.57. The molecule has 2 rings (SSSR count). The molecule has 0 saturated heterocycles. The van der Waals surface area contributed by atoms with Crippen molar-refractivity contribution in [2.24, 2.45) is 5.92 Å². The van der Waals surface area contributed by atoms with Gasteiger partial charge in [0.15, 0.2) is 5.78 Å². The quantitative estimate of drug-likeness (QED) is 0.686. The van der Waals surface area contributed by atoms with E-state index in [1.54, 1.807) is 31.2 Å². The number of carbonyl (C=O) groups is 3. The predicted octanol–water partition coefficient (Wildman–Crippen LogP) is 3.93. The first-order valence-corrected chi connectivity index (χ1v) is 8.69. The van der Waals surface area contributed by atoms with Crippen LogP contribution in [0.3, 0.4) is 0 Å². The fourth-order valence-corrected chi connectivity index (χ4v) is 2.86. The highest BCUT2D eigenvalue weighted by molar-refractivity contribution is 6.08. The monoisotopic (exact) mass is 355 g/mol. The Morgan fingerprint density at radius 1 is 1.12 bits per heavy atom. The van der Waals surface area contributed by atoms with Crippen LogP contribution in [-0.4, -0.2) is 22.6 Å². The first-order chi connectivity index (χ1) is 12.2. The zero-order chi connectivity index (χ0) is 19.4. The maximum atomic E-state index is 12.7. The van der Waals surface area contributed by atoms with Crippen molar-refractivity contribution in [3.8, 4) is 0 Å². The number of hydrogen-bond acceptors (Lipinski definition) is 3. The van der Waals surface area contributed by atoms with Crippen LogP contribution in [0.15, 0.2) is 24.3 Å². The highest BCUT2D eigenvalue weighted by Crippen LogP contribution is 2.22. The van der Waals surface area contributed by atoms with Gasteiger partial charge < -0.3 is 15.6 Å². The Kier molecular flexibility index (Phi) is 5.97. The van der Waals surface area contributed by atoms with Gasteiger partial charge in [-0.3, -0.25) is 14.4 Å². The molecule has 0 fully saturated rings. The standard InChI is InChI=1S/C20H25N3O3/c1-6-16-17(13(5)24)12(4)21-18(16)20(26)23-15-9-7-8-14(10-15)22-19(25)11(2)3/h7-11,21H,6H2,1-5H3,(H,22,25)(H,23,26). The van der Waals surface area contributed by atoms with Gasteiger partial charge in [0.1, 0.15) is 5.69 Å². The lowest BCUT2D eigenvalue weighted by Gasteiger charge is -2.10. The van der Waals surface area contributed by atoms with Crippen LogP contribution in [-0.2, 0) is 11.2 Å². The summed E-state index contributed by atoms with van der Waals surface area (Å²) in [7, 11) is 0. The van der Waals surface area contributed by atoms with E-state index in [1.807, 2.05) is 20.8 Å². The normalized spacial score (nSPS) is 10.7. The van der Waals surface area contributed by atoms with Crippen LogP contribution in [0.5, 0.6) is 0 Å². The van der Waals surface area contributed by atoms with E-state index >= 15 is 0 Å². The molecule has 3 N–H and O–H groups in total. The molecule has 0 aliphatic heterocycles. The second kappa shape index (κ2) is 7.99. The number of amides is 2. The molecule has 6 heteroatoms. The number of rotatable bonds is 6. The van der Waals surface area contributed by atoms with Crippen LogP contribution in [0.2, 0.25) is 0 Å². The summed E-state index contributed by atoms with van der Waals surface area (Å²) in [5, 5.41) is 5.63. The van der Waals surface area contributed by atoms with Crippen molar-refractivity contribution in [3.63, 3.8) is 0 Å². The smallest absolute Gasteiger partial charge is 0.272 e. The molecule has 0 bridgehead atoms. The van der Waals surface area contributed by atoms with E-state index in [0.29, 0.717) is 34.7 Å². The van der Waals surface area contributed by atoms with E-state index < -0.39 is 0 Å². The number of H-pyrrole nitrogens is 1. The molecule has 0 unspecified atom stereocenters. The number of nitrogens with one attached hydrogen (secondary N) is 3. The highest BCUT2D eigenvalue weighted by Gasteiger charge is 2.21. The molecule has 6 nitrogen and oxygen atoms in total. The molecule has 138 valence electrons. The summed E-state index contributed by atoms with van der Waals surface area (Å²) in [6.45, 7) is 8.82. The van der Waals surface area contributed by atoms with Crippen LogP contribution in [0.4, 0.5) is 11.4 Å². The van der Waals surface area contributed by atoms with Crippen LogP contribution in [0, 0.1) is 12.8 Å². The van der Waals surface area contributed by atoms with Crippen LogP contribution < -0.4 is 10.6 Å². The van der Waals surface area contributed by atoms with E-state index in [9.17, 15) is 14.4 Å². The van der Waals surface area contributed by atoms with E-state index in [2.05, 4.69) is 15.6 Å². The topological polar surface area (TPSA) is 91.1 Å². The summed E-state index contributed by atoms with van der Waals surface area (Å²) in [5.74, 6) is -0.599. The minimum absolute atomic E-state index is 0.0620. The van der Waals surface area contributed by atoms with Crippen LogP contribution in [0.25, 0.3) is 0 Å². The molecule has 2 aromatic rings. The molecule has 0 saturated carbocycles. The number of aromatic nitrogens is 1. The zero-order valence-electron chi connectivity index (χ0n) is 15.8. The molecule has 0 spiro atoms. The third-order valence-electron chi connectivity index (χ3n) is 4.14. The maximum Gasteiger partial charge on any atom is 0.272 e. The van der Waals surface area contributed by atoms with Crippen molar-refractivity contribution in [1.29, 1.82) is 0 Å². The van der Waals surface area contributed by atoms with Gasteiger partial charge in [-0.05, 0) is 44.0 Å². The highest BCUT2D eigenvalue weighted by atomic mass is 16.2. The molecule has 0 aliphatic carbocycles. The summed E-state index contributed by atoms with van der Waals surface area (Å²) >= 11 is 0. The lowest BCUT2D eigenvalue weighted by atomic mass is 10.0. The third-order valence-corrected chi connectivity index (χ3v) is 4.14. The Labute approximate surface area is 153 Å². The van der Waals surface area contributed by atoms with Crippen molar-refractivity contribution in [1.82, 2.24) is 4.98 Å². The number of aryl methyl sites for hydroxylation is 1. The Bertz CT molecular complexity index is 850. The minimum Gasteiger partial charge on any atom is -0.354 e. The minimum atomic E-state index is -0.315. The number of aromatic amines is 1. The van der Waals surface area contributed by atoms with Gasteiger partial charge in [0.05, 0.1) is 0 Å². The second-order valence-corrected chi connectivity index (χ2v) is 6.57. The molecule has 0 atom stereocenters. The Morgan fingerprint density at radius 3 is 2.27 bits per heavy atom. The number of benzene rings is 1. The van der Waals surface area contributed by atoms with E-state index in [1.165, 1.54) is 6.92 Å². The average molecular weight is 355 g/mol. The summed E-state index contributed by atoms with van der Waals surface area (Å²) in [6, 6.07) is 6.97. The molecule has 1 heterocycles. The molecule has 26 heavy (non-hydrogen) atoms. The van der Waals surface area contributed by atoms with Gasteiger partial charge in [0.2, 0.25) is 5.91 Å². The van der Waals surface area contributed by atoms with E-state index in [0.717, 1.165) is 5.56 Å². The van der Waals surface area contributed by atoms with Gasteiger partial charge in [0, 0.05) is 28.6 Å². The lowest BCUT2D eigenvalue weighted by molar-refractivity contribution is -0.118. The number of ketones is 1. The Hall–Kier alpha value is -2.89. The van der Waals surface area contributed by atoms with Crippen molar-refractivity contribution < 1.29 is 14.4 Å². The molecule has 1 aromatic carbocycles. The largest absolute Gasteiger partial charge is 0.354 e. The molecule has 2 amide bonds. The number of carbonyl (C=O) groups excluding carboxylic acids is 3. The number of hydrogen-bond donors (Lipinski definition) is 3. The first-order valence-electron chi connectivity index (χ1n) is 8.69. The summed E-state index contributed by atoms with van der Waals surface area (Å²) in [6.07, 6.45) is 0.576. The fraction of sp³-hybridized carbons (Fsp3) is 0.350. The fourth-order valence-electron chi connectivity index (χ4n) is 2.86. The van der Waals surface area contributed by atoms with E-state index in [4.69, 9.17) is 0 Å². The first kappa shape index (κ1) is 19.4. The maximum absolute atomic E-state index is 12.7. The van der Waals surface area contributed by atoms with Gasteiger partial charge in [0.25, 0.3) is 5.91 Å². The summed E-state index contributed by atoms with van der Waals surface area (Å²) < 4.78 is 0. The summed E-state index contributed by atoms with van der Waals surface area (Å²) in [4.78, 5) is 39.4. The van der Waals surface area contributed by atoms with Crippen molar-refractivity contribution in [3.05, 3.63) is 46.8 Å². The van der Waals surface area contributed by atoms with Crippen molar-refractivity contribution >= 4 is 29.0 Å². The van der Waals surface area contributed by atoms with Gasteiger partial charge in [-0.15, -0.1) is 0 Å². The van der Waals surface area contributed by atoms with Gasteiger partial charge >= 0.3 is 0 Å². The van der Waals surface area contributed by atoms with Crippen LogP contribution >= 0.6 is 0 Å². The SMILES string of the molecule is CCc1c(C(=O)Nc2cccc(NC(=O)C(C)C)c2)[nH]c(C)c1C(C)=O. The number of anilines is 2. The zero-order valence-corrected chi connectivity index (χ0v) is 15.8. The Morgan fingerprint density at radius 2 is 1.73 bits per heavy atom. The number of Topliss-reactive ketones (excluding diaryl/α,β-unsaturated/α-hetero) is 1. The molecule has 0 radical (unpaired) electrons. The molecule has 0 aliphatic rings. The lowest BCUT2D eigenvalue weighted by Crippen LogP contribution is -2.18. The Balaban J connectivity index is 2.24. The summed E-state index contributed by atoms with van der Waals surface area (Å²) in [5.41, 5.74) is 3.57. The van der Waals surface area contributed by atoms with Crippen molar-refractivity contribution in [2.45, 2.75) is 41.0 Å². The van der Waals surface area contributed by atoms with Crippen molar-refractivity contribution in [2.75, 3.05) is 10.6 Å². The van der Waals surface area contributed by atoms with Gasteiger partial charge in [-0.2, -0.15) is 0 Å².